The molecule has 0 saturated heterocycles. The summed E-state index contributed by atoms with van der Waals surface area (Å²) in [6.45, 7) is 2.01. The Morgan fingerprint density at radius 1 is 1.29 bits per heavy atom. The van der Waals surface area contributed by atoms with Gasteiger partial charge in [0.1, 0.15) is 5.82 Å². The van der Waals surface area contributed by atoms with Crippen LogP contribution in [0, 0.1) is 6.92 Å². The summed E-state index contributed by atoms with van der Waals surface area (Å²) in [5.41, 5.74) is 8.68. The smallest absolute Gasteiger partial charge is 0.126 e. The minimum absolute atomic E-state index is 0.485. The molecule has 3 nitrogen and oxygen atoms in total. The number of nitrogens with zero attached hydrogens (tertiary/aromatic N) is 1. The van der Waals surface area contributed by atoms with E-state index in [1.54, 1.807) is 6.20 Å². The van der Waals surface area contributed by atoms with Crippen molar-refractivity contribution < 1.29 is 5.11 Å². The maximum Gasteiger partial charge on any atom is 0.126 e. The van der Waals surface area contributed by atoms with Gasteiger partial charge in [0.15, 0.2) is 0 Å². The van der Waals surface area contributed by atoms with Crippen LogP contribution in [0.25, 0.3) is 0 Å². The lowest BCUT2D eigenvalue weighted by Crippen LogP contribution is -2.05. The Kier molecular flexibility index (Phi) is 3.40. The Morgan fingerprint density at radius 3 is 2.82 bits per heavy atom. The van der Waals surface area contributed by atoms with Gasteiger partial charge in [-0.05, 0) is 24.1 Å². The molecule has 0 radical (unpaired) electrons. The van der Waals surface area contributed by atoms with Crippen molar-refractivity contribution in [2.75, 3.05) is 5.73 Å². The highest BCUT2D eigenvalue weighted by Crippen LogP contribution is 2.21. The van der Waals surface area contributed by atoms with E-state index in [-0.39, 0.29) is 0 Å². The van der Waals surface area contributed by atoms with E-state index in [0.29, 0.717) is 12.2 Å². The van der Waals surface area contributed by atoms with E-state index >= 15 is 0 Å². The monoisotopic (exact) mass is 228 g/mol. The van der Waals surface area contributed by atoms with Gasteiger partial charge in [0, 0.05) is 12.6 Å². The van der Waals surface area contributed by atoms with Crippen molar-refractivity contribution in [3.05, 3.63) is 59.3 Å². The predicted molar refractivity (Wildman–Crippen MR) is 68.5 cm³/mol. The fourth-order valence-electron chi connectivity index (χ4n) is 1.83. The zero-order valence-electron chi connectivity index (χ0n) is 9.80. The van der Waals surface area contributed by atoms with Crippen LogP contribution in [0.3, 0.4) is 0 Å². The Bertz CT molecular complexity index is 511. The standard InChI is InChI=1S/C14H16N2O/c1-10-4-2-5-11(8-10)13(17)9-12-6-3-7-16-14(12)15/h2-8,13,17H,9H2,1H3,(H2,15,16). The maximum atomic E-state index is 10.1. The molecule has 88 valence electrons. The molecule has 3 N–H and O–H groups in total. The molecule has 0 fully saturated rings. The van der Waals surface area contributed by atoms with Gasteiger partial charge in [0.25, 0.3) is 0 Å². The molecule has 1 aromatic carbocycles. The maximum absolute atomic E-state index is 10.1. The number of hydrogen-bond acceptors (Lipinski definition) is 3. The zero-order chi connectivity index (χ0) is 12.3. The molecule has 0 bridgehead atoms. The van der Waals surface area contributed by atoms with E-state index in [9.17, 15) is 5.11 Å². The van der Waals surface area contributed by atoms with Crippen LogP contribution in [0.2, 0.25) is 0 Å². The second-order valence-electron chi connectivity index (χ2n) is 4.18. The summed E-state index contributed by atoms with van der Waals surface area (Å²) in [6, 6.07) is 11.6. The lowest BCUT2D eigenvalue weighted by Gasteiger charge is -2.12. The summed E-state index contributed by atoms with van der Waals surface area (Å²) in [5, 5.41) is 10.1. The van der Waals surface area contributed by atoms with Gasteiger partial charge in [-0.2, -0.15) is 0 Å². The average Bonchev–Trinajstić information content (AvgIpc) is 2.32. The van der Waals surface area contributed by atoms with Crippen LogP contribution >= 0.6 is 0 Å². The quantitative estimate of drug-likeness (QED) is 0.847. The number of nitrogen functional groups attached to an aromatic ring is 1. The average molecular weight is 228 g/mol. The first-order chi connectivity index (χ1) is 8.16. The van der Waals surface area contributed by atoms with Gasteiger partial charge >= 0.3 is 0 Å². The van der Waals surface area contributed by atoms with Crippen molar-refractivity contribution in [3.63, 3.8) is 0 Å². The highest BCUT2D eigenvalue weighted by molar-refractivity contribution is 5.39. The largest absolute Gasteiger partial charge is 0.388 e. The van der Waals surface area contributed by atoms with E-state index in [1.807, 2.05) is 43.3 Å². The van der Waals surface area contributed by atoms with E-state index < -0.39 is 6.10 Å². The number of nitrogens with two attached hydrogens (primary N) is 1. The number of rotatable bonds is 3. The summed E-state index contributed by atoms with van der Waals surface area (Å²) in [5.74, 6) is 0.485. The molecule has 1 unspecified atom stereocenters. The SMILES string of the molecule is Cc1cccc(C(O)Cc2cccnc2N)c1. The molecule has 1 aromatic heterocycles. The number of anilines is 1. The van der Waals surface area contributed by atoms with Crippen LogP contribution in [0.15, 0.2) is 42.6 Å². The molecule has 17 heavy (non-hydrogen) atoms. The zero-order valence-corrected chi connectivity index (χ0v) is 9.80. The molecule has 0 aliphatic rings. The summed E-state index contributed by atoms with van der Waals surface area (Å²) in [4.78, 5) is 4.01. The molecule has 0 aliphatic carbocycles. The van der Waals surface area contributed by atoms with E-state index in [2.05, 4.69) is 4.98 Å². The molecule has 0 saturated carbocycles. The molecule has 1 atom stereocenters. The predicted octanol–water partition coefficient (Wildman–Crippen LogP) is 2.25. The molecule has 2 aromatic rings. The van der Waals surface area contributed by atoms with Crippen LogP contribution in [0.4, 0.5) is 5.82 Å². The van der Waals surface area contributed by atoms with Gasteiger partial charge in [0.05, 0.1) is 6.10 Å². The Hall–Kier alpha value is -1.87. The van der Waals surface area contributed by atoms with Gasteiger partial charge in [-0.25, -0.2) is 4.98 Å². The molecule has 0 spiro atoms. The van der Waals surface area contributed by atoms with Crippen LogP contribution in [0.5, 0.6) is 0 Å². The van der Waals surface area contributed by atoms with Gasteiger partial charge in [-0.3, -0.25) is 0 Å². The lowest BCUT2D eigenvalue weighted by atomic mass is 10.0. The first-order valence-electron chi connectivity index (χ1n) is 5.61. The van der Waals surface area contributed by atoms with Crippen LogP contribution in [-0.4, -0.2) is 10.1 Å². The lowest BCUT2D eigenvalue weighted by molar-refractivity contribution is 0.178. The first kappa shape index (κ1) is 11.6. The summed E-state index contributed by atoms with van der Waals surface area (Å²) < 4.78 is 0. The van der Waals surface area contributed by atoms with Crippen LogP contribution in [0.1, 0.15) is 22.8 Å². The van der Waals surface area contributed by atoms with E-state index in [4.69, 9.17) is 5.73 Å². The van der Waals surface area contributed by atoms with Crippen LogP contribution < -0.4 is 5.73 Å². The summed E-state index contributed by atoms with van der Waals surface area (Å²) in [7, 11) is 0. The minimum atomic E-state index is -0.540. The second-order valence-corrected chi connectivity index (χ2v) is 4.18. The summed E-state index contributed by atoms with van der Waals surface area (Å²) in [6.07, 6.45) is 1.60. The van der Waals surface area contributed by atoms with Gasteiger partial charge < -0.3 is 10.8 Å². The number of aliphatic hydroxyl groups is 1. The van der Waals surface area contributed by atoms with Crippen molar-refractivity contribution >= 4 is 5.82 Å². The molecule has 1 heterocycles. The number of pyridine rings is 1. The van der Waals surface area contributed by atoms with Crippen molar-refractivity contribution in [1.29, 1.82) is 0 Å². The number of aliphatic hydroxyl groups excluding tert-OH is 1. The third-order valence-electron chi connectivity index (χ3n) is 2.77. The van der Waals surface area contributed by atoms with E-state index in [0.717, 1.165) is 16.7 Å². The molecule has 3 heteroatoms. The van der Waals surface area contributed by atoms with Crippen molar-refractivity contribution in [2.45, 2.75) is 19.4 Å². The van der Waals surface area contributed by atoms with E-state index in [1.165, 1.54) is 0 Å². The van der Waals surface area contributed by atoms with Gasteiger partial charge in [-0.1, -0.05) is 35.9 Å². The normalized spacial score (nSPS) is 12.4. The third-order valence-corrected chi connectivity index (χ3v) is 2.77. The molecule has 0 aliphatic heterocycles. The van der Waals surface area contributed by atoms with Gasteiger partial charge in [-0.15, -0.1) is 0 Å². The highest BCUT2D eigenvalue weighted by Gasteiger charge is 2.10. The Labute approximate surface area is 101 Å². The number of hydrogen-bond donors (Lipinski definition) is 2. The highest BCUT2D eigenvalue weighted by atomic mass is 16.3. The Morgan fingerprint density at radius 2 is 2.12 bits per heavy atom. The molecule has 2 rings (SSSR count). The third kappa shape index (κ3) is 2.82. The number of benzene rings is 1. The Balaban J connectivity index is 2.17. The van der Waals surface area contributed by atoms with Crippen molar-refractivity contribution in [2.24, 2.45) is 0 Å². The molecule has 0 amide bonds. The minimum Gasteiger partial charge on any atom is -0.388 e. The topological polar surface area (TPSA) is 59.1 Å². The van der Waals surface area contributed by atoms with Crippen molar-refractivity contribution in [3.8, 4) is 0 Å². The number of aryl methyl sites for hydroxylation is 1. The van der Waals surface area contributed by atoms with Crippen LogP contribution in [-0.2, 0) is 6.42 Å². The molecular weight excluding hydrogens is 212 g/mol. The molecular formula is C14H16N2O. The fraction of sp³-hybridized carbons (Fsp3) is 0.214. The fourth-order valence-corrected chi connectivity index (χ4v) is 1.83. The summed E-state index contributed by atoms with van der Waals surface area (Å²) >= 11 is 0. The van der Waals surface area contributed by atoms with Gasteiger partial charge in [0.2, 0.25) is 0 Å². The number of aromatic nitrogens is 1. The first-order valence-corrected chi connectivity index (χ1v) is 5.61. The van der Waals surface area contributed by atoms with Crippen molar-refractivity contribution in [1.82, 2.24) is 4.98 Å². The second kappa shape index (κ2) is 4.97.